The van der Waals surface area contributed by atoms with Gasteiger partial charge in [-0.1, -0.05) is 36.4 Å². The molecule has 2 aromatic carbocycles. The molecule has 0 saturated carbocycles. The molecule has 0 saturated heterocycles. The number of sulfonamides is 1. The first-order chi connectivity index (χ1) is 15.7. The van der Waals surface area contributed by atoms with Crippen LogP contribution in [0.15, 0.2) is 82.3 Å². The van der Waals surface area contributed by atoms with E-state index < -0.39 is 40.5 Å². The molecule has 10 nitrogen and oxygen atoms in total. The summed E-state index contributed by atoms with van der Waals surface area (Å²) in [6.45, 7) is -0.652. The van der Waals surface area contributed by atoms with Gasteiger partial charge in [-0.05, 0) is 35.9 Å². The van der Waals surface area contributed by atoms with Crippen molar-refractivity contribution >= 4 is 33.5 Å². The van der Waals surface area contributed by atoms with Crippen LogP contribution in [-0.4, -0.2) is 38.9 Å². The average Bonchev–Trinajstić information content (AvgIpc) is 3.32. The van der Waals surface area contributed by atoms with Crippen molar-refractivity contribution in [1.29, 1.82) is 0 Å². The van der Waals surface area contributed by atoms with Crippen molar-refractivity contribution in [3.63, 3.8) is 0 Å². The van der Waals surface area contributed by atoms with Crippen LogP contribution in [-0.2, 0) is 30.8 Å². The number of hydrogen-bond acceptors (Lipinski definition) is 7. The number of carbonyl (C=O) groups excluding carboxylic acids is 3. The fourth-order valence-electron chi connectivity index (χ4n) is 2.87. The Kier molecular flexibility index (Phi) is 7.59. The van der Waals surface area contributed by atoms with Gasteiger partial charge >= 0.3 is 5.97 Å². The number of nitrogens with two attached hydrogens (primary N) is 1. The Morgan fingerprint density at radius 2 is 1.76 bits per heavy atom. The molecule has 11 heteroatoms. The Hall–Kier alpha value is -3.96. The van der Waals surface area contributed by atoms with E-state index in [4.69, 9.17) is 14.3 Å². The van der Waals surface area contributed by atoms with Gasteiger partial charge < -0.3 is 19.8 Å². The second-order valence-corrected chi connectivity index (χ2v) is 8.48. The van der Waals surface area contributed by atoms with Crippen molar-refractivity contribution in [1.82, 2.24) is 5.32 Å². The second-order valence-electron chi connectivity index (χ2n) is 6.92. The maximum Gasteiger partial charge on any atom is 0.329 e. The summed E-state index contributed by atoms with van der Waals surface area (Å²) in [6.07, 6.45) is 1.46. The molecule has 0 aliphatic carbocycles. The van der Waals surface area contributed by atoms with Gasteiger partial charge in [-0.25, -0.2) is 18.4 Å². The lowest BCUT2D eigenvalue weighted by molar-refractivity contribution is -0.149. The predicted octanol–water partition coefficient (Wildman–Crippen LogP) is 1.45. The number of rotatable bonds is 9. The van der Waals surface area contributed by atoms with E-state index in [0.717, 1.165) is 5.56 Å². The number of anilines is 1. The van der Waals surface area contributed by atoms with Crippen molar-refractivity contribution in [3.8, 4) is 0 Å². The van der Waals surface area contributed by atoms with Crippen LogP contribution < -0.4 is 15.8 Å². The maximum absolute atomic E-state index is 12.7. The molecule has 0 unspecified atom stereocenters. The van der Waals surface area contributed by atoms with Gasteiger partial charge in [0.15, 0.2) is 12.4 Å². The minimum atomic E-state index is -3.94. The Morgan fingerprint density at radius 3 is 2.42 bits per heavy atom. The highest BCUT2D eigenvalue weighted by Crippen LogP contribution is 2.14. The highest BCUT2D eigenvalue weighted by molar-refractivity contribution is 7.89. The molecule has 33 heavy (non-hydrogen) atoms. The Bertz CT molecular complexity index is 1230. The van der Waals surface area contributed by atoms with Gasteiger partial charge in [0.1, 0.15) is 6.04 Å². The number of furan rings is 1. The van der Waals surface area contributed by atoms with E-state index in [0.29, 0.717) is 0 Å². The number of esters is 1. The highest BCUT2D eigenvalue weighted by Gasteiger charge is 2.25. The van der Waals surface area contributed by atoms with E-state index in [-0.39, 0.29) is 22.8 Å². The van der Waals surface area contributed by atoms with Crippen LogP contribution in [0.2, 0.25) is 0 Å². The van der Waals surface area contributed by atoms with Crippen molar-refractivity contribution in [2.24, 2.45) is 5.14 Å². The smallest absolute Gasteiger partial charge is 0.329 e. The number of ether oxygens (including phenoxy) is 1. The van der Waals surface area contributed by atoms with Crippen LogP contribution in [0.1, 0.15) is 16.1 Å². The normalized spacial score (nSPS) is 11.9. The van der Waals surface area contributed by atoms with E-state index in [1.807, 2.05) is 6.07 Å². The number of primary sulfonamides is 1. The van der Waals surface area contributed by atoms with Gasteiger partial charge in [-0.3, -0.25) is 9.59 Å². The summed E-state index contributed by atoms with van der Waals surface area (Å²) in [5.74, 6) is -2.12. The molecular formula is C22H21N3O7S. The van der Waals surface area contributed by atoms with E-state index >= 15 is 0 Å². The van der Waals surface area contributed by atoms with Crippen LogP contribution in [0.4, 0.5) is 5.69 Å². The molecule has 0 fully saturated rings. The molecular weight excluding hydrogens is 450 g/mol. The number of amides is 2. The number of nitrogens with one attached hydrogen (secondary N) is 2. The zero-order chi connectivity index (χ0) is 23.8. The number of hydrogen-bond donors (Lipinski definition) is 3. The first-order valence-corrected chi connectivity index (χ1v) is 11.2. The third kappa shape index (κ3) is 7.02. The Labute approximate surface area is 189 Å². The zero-order valence-electron chi connectivity index (χ0n) is 17.3. The molecule has 4 N–H and O–H groups in total. The van der Waals surface area contributed by atoms with E-state index in [2.05, 4.69) is 10.6 Å². The second kappa shape index (κ2) is 10.6. The van der Waals surface area contributed by atoms with Gasteiger partial charge in [0, 0.05) is 12.1 Å². The van der Waals surface area contributed by atoms with E-state index in [1.54, 1.807) is 24.3 Å². The van der Waals surface area contributed by atoms with Gasteiger partial charge in [0.2, 0.25) is 10.0 Å². The molecule has 1 aromatic heterocycles. The fourth-order valence-corrected chi connectivity index (χ4v) is 3.42. The first kappa shape index (κ1) is 23.7. The number of benzene rings is 2. The molecule has 0 aliphatic rings. The molecule has 0 bridgehead atoms. The average molecular weight is 471 g/mol. The highest BCUT2D eigenvalue weighted by atomic mass is 32.2. The minimum Gasteiger partial charge on any atom is -0.459 e. The monoisotopic (exact) mass is 471 g/mol. The third-order valence-electron chi connectivity index (χ3n) is 4.41. The van der Waals surface area contributed by atoms with Gasteiger partial charge in [-0.15, -0.1) is 0 Å². The largest absolute Gasteiger partial charge is 0.459 e. The van der Waals surface area contributed by atoms with Crippen molar-refractivity contribution in [3.05, 3.63) is 84.3 Å². The molecule has 0 aliphatic heterocycles. The maximum atomic E-state index is 12.7. The van der Waals surface area contributed by atoms with Crippen LogP contribution in [0.25, 0.3) is 0 Å². The summed E-state index contributed by atoms with van der Waals surface area (Å²) in [5, 5.41) is 10.0. The zero-order valence-corrected chi connectivity index (χ0v) is 18.1. The molecule has 0 radical (unpaired) electrons. The van der Waals surface area contributed by atoms with Crippen molar-refractivity contribution < 1.29 is 32.0 Å². The lowest BCUT2D eigenvalue weighted by Gasteiger charge is -2.17. The van der Waals surface area contributed by atoms with Gasteiger partial charge in [0.05, 0.1) is 11.2 Å². The molecule has 1 atom stereocenters. The van der Waals surface area contributed by atoms with Crippen LogP contribution in [0, 0.1) is 0 Å². The van der Waals surface area contributed by atoms with Gasteiger partial charge in [0.25, 0.3) is 11.8 Å². The van der Waals surface area contributed by atoms with E-state index in [9.17, 15) is 22.8 Å². The first-order valence-electron chi connectivity index (χ1n) is 9.70. The van der Waals surface area contributed by atoms with Crippen LogP contribution in [0.5, 0.6) is 0 Å². The number of carbonyl (C=O) groups is 3. The molecule has 172 valence electrons. The minimum absolute atomic E-state index is 0.0216. The summed E-state index contributed by atoms with van der Waals surface area (Å²) in [5.41, 5.74) is 0.929. The molecule has 1 heterocycles. The third-order valence-corrected chi connectivity index (χ3v) is 5.32. The fraction of sp³-hybridized carbons (Fsp3) is 0.136. The summed E-state index contributed by atoms with van der Waals surface area (Å²) < 4.78 is 33.0. The van der Waals surface area contributed by atoms with Crippen LogP contribution in [0.3, 0.4) is 0 Å². The SMILES string of the molecule is NS(=O)(=O)c1cccc(NC(=O)COC(=O)[C@H](Cc2ccccc2)NC(=O)c2ccco2)c1. The Balaban J connectivity index is 1.63. The summed E-state index contributed by atoms with van der Waals surface area (Å²) in [7, 11) is -3.94. The molecule has 0 spiro atoms. The van der Waals surface area contributed by atoms with Gasteiger partial charge in [-0.2, -0.15) is 0 Å². The molecule has 3 rings (SSSR count). The topological polar surface area (TPSA) is 158 Å². The quantitative estimate of drug-likeness (QED) is 0.399. The van der Waals surface area contributed by atoms with Crippen molar-refractivity contribution in [2.75, 3.05) is 11.9 Å². The molecule has 3 aromatic rings. The summed E-state index contributed by atoms with van der Waals surface area (Å²) >= 11 is 0. The standard InChI is InChI=1S/C22H21N3O7S/c23-33(29,30)17-9-4-8-16(13-17)24-20(26)14-32-22(28)18(12-15-6-2-1-3-7-15)25-21(27)19-10-5-11-31-19/h1-11,13,18H,12,14H2,(H,24,26)(H,25,27)(H2,23,29,30)/t18-/m0/s1. The predicted molar refractivity (Wildman–Crippen MR) is 118 cm³/mol. The lowest BCUT2D eigenvalue weighted by Crippen LogP contribution is -2.44. The van der Waals surface area contributed by atoms with Crippen LogP contribution >= 0.6 is 0 Å². The van der Waals surface area contributed by atoms with E-state index in [1.165, 1.54) is 42.7 Å². The van der Waals surface area contributed by atoms with Crippen molar-refractivity contribution in [2.45, 2.75) is 17.4 Å². The summed E-state index contributed by atoms with van der Waals surface area (Å²) in [6, 6.07) is 16.2. The summed E-state index contributed by atoms with van der Waals surface area (Å²) in [4.78, 5) is 37.0. The lowest BCUT2D eigenvalue weighted by atomic mass is 10.1. The molecule has 2 amide bonds. The Morgan fingerprint density at radius 1 is 1.00 bits per heavy atom.